The molecule has 19 heavy (non-hydrogen) atoms. The summed E-state index contributed by atoms with van der Waals surface area (Å²) in [5.74, 6) is -0.968. The van der Waals surface area contributed by atoms with Gasteiger partial charge in [0.05, 0.1) is 16.3 Å². The molecule has 3 aromatic rings. The monoisotopic (exact) mass is 272 g/mol. The molecule has 5 heteroatoms. The maximum Gasteiger partial charge on any atom is 0.335 e. The average Bonchev–Trinajstić information content (AvgIpc) is 2.81. The fourth-order valence-corrected chi connectivity index (χ4v) is 2.15. The van der Waals surface area contributed by atoms with Gasteiger partial charge in [0.1, 0.15) is 5.65 Å². The molecule has 2 aromatic heterocycles. The van der Waals surface area contributed by atoms with Crippen LogP contribution in [-0.4, -0.2) is 20.5 Å². The Kier molecular flexibility index (Phi) is 2.72. The first-order valence-electron chi connectivity index (χ1n) is 5.62. The largest absolute Gasteiger partial charge is 0.478 e. The van der Waals surface area contributed by atoms with Gasteiger partial charge in [0.25, 0.3) is 0 Å². The van der Waals surface area contributed by atoms with E-state index in [0.717, 1.165) is 5.56 Å². The Bertz CT molecular complexity index is 780. The van der Waals surface area contributed by atoms with E-state index in [-0.39, 0.29) is 5.56 Å². The van der Waals surface area contributed by atoms with Crippen molar-refractivity contribution in [3.05, 3.63) is 59.4 Å². The quantitative estimate of drug-likeness (QED) is 0.778. The molecule has 2 heterocycles. The van der Waals surface area contributed by atoms with E-state index < -0.39 is 5.97 Å². The van der Waals surface area contributed by atoms with Crippen molar-refractivity contribution >= 4 is 23.2 Å². The minimum atomic E-state index is -0.968. The van der Waals surface area contributed by atoms with E-state index >= 15 is 0 Å². The zero-order valence-electron chi connectivity index (χ0n) is 9.75. The van der Waals surface area contributed by atoms with Crippen molar-refractivity contribution < 1.29 is 9.90 Å². The fraction of sp³-hybridized carbons (Fsp3) is 0. The highest BCUT2D eigenvalue weighted by Gasteiger charge is 2.09. The normalized spacial score (nSPS) is 10.8. The molecule has 1 N–H and O–H groups in total. The smallest absolute Gasteiger partial charge is 0.335 e. The molecule has 0 aliphatic carbocycles. The van der Waals surface area contributed by atoms with Crippen molar-refractivity contribution in [2.45, 2.75) is 0 Å². The van der Waals surface area contributed by atoms with Gasteiger partial charge in [-0.2, -0.15) is 0 Å². The van der Waals surface area contributed by atoms with E-state index in [1.54, 1.807) is 16.7 Å². The number of hydrogen-bond acceptors (Lipinski definition) is 2. The number of halogens is 1. The molecule has 0 bridgehead atoms. The van der Waals surface area contributed by atoms with Crippen LogP contribution in [0.4, 0.5) is 0 Å². The van der Waals surface area contributed by atoms with E-state index in [4.69, 9.17) is 16.7 Å². The molecule has 0 fully saturated rings. The molecular formula is C14H9ClN2O2. The van der Waals surface area contributed by atoms with Gasteiger partial charge in [0.2, 0.25) is 0 Å². The van der Waals surface area contributed by atoms with Crippen LogP contribution >= 0.6 is 11.6 Å². The highest BCUT2D eigenvalue weighted by atomic mass is 35.5. The minimum absolute atomic E-state index is 0.212. The highest BCUT2D eigenvalue weighted by Crippen LogP contribution is 2.27. The second-order valence-corrected chi connectivity index (χ2v) is 4.50. The zero-order chi connectivity index (χ0) is 13.4. The summed E-state index contributed by atoms with van der Waals surface area (Å²) < 4.78 is 1.77. The summed E-state index contributed by atoms with van der Waals surface area (Å²) in [4.78, 5) is 15.3. The molecule has 94 valence electrons. The Morgan fingerprint density at radius 1 is 1.26 bits per heavy atom. The van der Waals surface area contributed by atoms with Gasteiger partial charge in [-0.05, 0) is 18.2 Å². The molecule has 0 radical (unpaired) electrons. The van der Waals surface area contributed by atoms with E-state index in [9.17, 15) is 4.79 Å². The molecule has 1 aromatic carbocycles. The van der Waals surface area contributed by atoms with Crippen molar-refractivity contribution in [2.24, 2.45) is 0 Å². The number of carboxylic acids is 1. The first kappa shape index (κ1) is 11.7. The Hall–Kier alpha value is -2.33. The van der Waals surface area contributed by atoms with E-state index in [2.05, 4.69) is 4.98 Å². The number of imidazole rings is 1. The number of benzene rings is 1. The number of rotatable bonds is 2. The summed E-state index contributed by atoms with van der Waals surface area (Å²) in [6.45, 7) is 0. The van der Waals surface area contributed by atoms with Crippen molar-refractivity contribution in [3.8, 4) is 11.3 Å². The summed E-state index contributed by atoms with van der Waals surface area (Å²) in [5, 5.41) is 9.57. The molecule has 0 aliphatic rings. The van der Waals surface area contributed by atoms with Gasteiger partial charge in [-0.15, -0.1) is 0 Å². The third kappa shape index (κ3) is 2.06. The molecule has 0 unspecified atom stereocenters. The van der Waals surface area contributed by atoms with Gasteiger partial charge in [-0.25, -0.2) is 9.78 Å². The highest BCUT2D eigenvalue weighted by molar-refractivity contribution is 6.33. The molecule has 0 aliphatic heterocycles. The summed E-state index contributed by atoms with van der Waals surface area (Å²) in [6, 6.07) is 10.5. The lowest BCUT2D eigenvalue weighted by Gasteiger charge is -1.97. The first-order chi connectivity index (χ1) is 9.15. The maximum absolute atomic E-state index is 10.9. The molecule has 0 amide bonds. The summed E-state index contributed by atoms with van der Waals surface area (Å²) in [7, 11) is 0. The number of aromatic carboxylic acids is 1. The maximum atomic E-state index is 10.9. The van der Waals surface area contributed by atoms with Crippen LogP contribution < -0.4 is 0 Å². The van der Waals surface area contributed by atoms with Crippen LogP contribution in [-0.2, 0) is 0 Å². The SMILES string of the molecule is O=C(O)c1ccn2cc(-c3ccccc3Cl)nc2c1. The predicted octanol–water partition coefficient (Wildman–Crippen LogP) is 3.35. The topological polar surface area (TPSA) is 54.6 Å². The van der Waals surface area contributed by atoms with Crippen LogP contribution in [0.1, 0.15) is 10.4 Å². The Morgan fingerprint density at radius 2 is 2.05 bits per heavy atom. The van der Waals surface area contributed by atoms with Gasteiger partial charge in [-0.3, -0.25) is 0 Å². The van der Waals surface area contributed by atoms with Gasteiger partial charge >= 0.3 is 5.97 Å². The summed E-state index contributed by atoms with van der Waals surface area (Å²) in [5.41, 5.74) is 2.33. The molecule has 0 atom stereocenters. The van der Waals surface area contributed by atoms with E-state index in [0.29, 0.717) is 16.4 Å². The third-order valence-corrected chi connectivity index (χ3v) is 3.19. The fourth-order valence-electron chi connectivity index (χ4n) is 1.91. The van der Waals surface area contributed by atoms with Crippen LogP contribution in [0, 0.1) is 0 Å². The molecule has 4 nitrogen and oxygen atoms in total. The second-order valence-electron chi connectivity index (χ2n) is 4.09. The molecule has 0 saturated carbocycles. The first-order valence-corrected chi connectivity index (χ1v) is 6.00. The Morgan fingerprint density at radius 3 is 2.79 bits per heavy atom. The number of carbonyl (C=O) groups is 1. The summed E-state index contributed by atoms with van der Waals surface area (Å²) in [6.07, 6.45) is 3.49. The lowest BCUT2D eigenvalue weighted by Crippen LogP contribution is -1.96. The Balaban J connectivity index is 2.17. The number of carboxylic acid groups (broad SMARTS) is 1. The van der Waals surface area contributed by atoms with Gasteiger partial charge < -0.3 is 9.51 Å². The predicted molar refractivity (Wildman–Crippen MR) is 72.6 cm³/mol. The molecule has 0 saturated heterocycles. The molecular weight excluding hydrogens is 264 g/mol. The van der Waals surface area contributed by atoms with Crippen LogP contribution in [0.15, 0.2) is 48.8 Å². The standard InChI is InChI=1S/C14H9ClN2O2/c15-11-4-2-1-3-10(11)12-8-17-6-5-9(14(18)19)7-13(17)16-12/h1-8H,(H,18,19). The minimum Gasteiger partial charge on any atom is -0.478 e. The van der Waals surface area contributed by atoms with Crippen LogP contribution in [0.3, 0.4) is 0 Å². The molecule has 3 rings (SSSR count). The zero-order valence-corrected chi connectivity index (χ0v) is 10.5. The van der Waals surface area contributed by atoms with Crippen molar-refractivity contribution in [1.82, 2.24) is 9.38 Å². The van der Waals surface area contributed by atoms with Gasteiger partial charge in [0.15, 0.2) is 0 Å². The van der Waals surface area contributed by atoms with Crippen LogP contribution in [0.5, 0.6) is 0 Å². The number of pyridine rings is 1. The Labute approximate surface area is 113 Å². The lowest BCUT2D eigenvalue weighted by atomic mass is 10.2. The molecule has 0 spiro atoms. The van der Waals surface area contributed by atoms with E-state index in [1.165, 1.54) is 12.1 Å². The van der Waals surface area contributed by atoms with Crippen molar-refractivity contribution in [3.63, 3.8) is 0 Å². The van der Waals surface area contributed by atoms with Crippen LogP contribution in [0.25, 0.3) is 16.9 Å². The number of aromatic nitrogens is 2. The lowest BCUT2D eigenvalue weighted by molar-refractivity contribution is 0.0697. The van der Waals surface area contributed by atoms with Crippen LogP contribution in [0.2, 0.25) is 5.02 Å². The van der Waals surface area contributed by atoms with Crippen molar-refractivity contribution in [2.75, 3.05) is 0 Å². The van der Waals surface area contributed by atoms with E-state index in [1.807, 2.05) is 24.4 Å². The summed E-state index contributed by atoms with van der Waals surface area (Å²) >= 11 is 6.12. The second kappa shape index (κ2) is 4.40. The number of fused-ring (bicyclic) bond motifs is 1. The van der Waals surface area contributed by atoms with Gasteiger partial charge in [-0.1, -0.05) is 29.8 Å². The van der Waals surface area contributed by atoms with Crippen molar-refractivity contribution in [1.29, 1.82) is 0 Å². The number of nitrogens with zero attached hydrogens (tertiary/aromatic N) is 2. The number of hydrogen-bond donors (Lipinski definition) is 1. The average molecular weight is 273 g/mol. The van der Waals surface area contributed by atoms with Gasteiger partial charge in [0, 0.05) is 18.0 Å². The third-order valence-electron chi connectivity index (χ3n) is 2.86.